The Morgan fingerprint density at radius 2 is 1.80 bits per heavy atom. The van der Waals surface area contributed by atoms with Crippen molar-refractivity contribution in [1.29, 1.82) is 5.41 Å². The van der Waals surface area contributed by atoms with Crippen molar-refractivity contribution in [2.45, 2.75) is 6.61 Å². The van der Waals surface area contributed by atoms with Crippen molar-refractivity contribution in [3.05, 3.63) is 29.3 Å². The predicted octanol–water partition coefficient (Wildman–Crippen LogP) is 1.16. The van der Waals surface area contributed by atoms with Gasteiger partial charge in [0.15, 0.2) is 0 Å². The quantitative estimate of drug-likeness (QED) is 0.382. The van der Waals surface area contributed by atoms with Crippen LogP contribution >= 0.6 is 0 Å². The topological polar surface area (TPSA) is 86.8 Å². The Bertz CT molecular complexity index is 424. The van der Waals surface area contributed by atoms with Crippen molar-refractivity contribution in [2.75, 3.05) is 40.6 Å². The van der Waals surface area contributed by atoms with Crippen molar-refractivity contribution in [3.63, 3.8) is 0 Å². The average molecular weight is 282 g/mol. The minimum Gasteiger partial charge on any atom is -0.496 e. The van der Waals surface area contributed by atoms with Gasteiger partial charge in [-0.1, -0.05) is 0 Å². The van der Waals surface area contributed by atoms with Crippen molar-refractivity contribution in [2.24, 2.45) is 5.73 Å². The zero-order valence-corrected chi connectivity index (χ0v) is 12.0. The summed E-state index contributed by atoms with van der Waals surface area (Å²) in [6, 6.07) is 5.33. The fourth-order valence-electron chi connectivity index (χ4n) is 1.60. The first-order valence-electron chi connectivity index (χ1n) is 6.34. The van der Waals surface area contributed by atoms with E-state index in [1.807, 2.05) is 0 Å². The maximum Gasteiger partial charge on any atom is 0.124 e. The number of rotatable bonds is 10. The lowest BCUT2D eigenvalue weighted by atomic mass is 10.1. The summed E-state index contributed by atoms with van der Waals surface area (Å²) >= 11 is 0. The Hall–Kier alpha value is -1.63. The maximum atomic E-state index is 7.43. The molecule has 0 saturated heterocycles. The van der Waals surface area contributed by atoms with Crippen molar-refractivity contribution >= 4 is 5.84 Å². The average Bonchev–Trinajstić information content (AvgIpc) is 2.46. The van der Waals surface area contributed by atoms with Crippen LogP contribution in [0.15, 0.2) is 18.2 Å². The van der Waals surface area contributed by atoms with Gasteiger partial charge in [0.25, 0.3) is 0 Å². The molecule has 112 valence electrons. The van der Waals surface area contributed by atoms with E-state index in [-0.39, 0.29) is 5.84 Å². The summed E-state index contributed by atoms with van der Waals surface area (Å²) in [5, 5.41) is 7.43. The van der Waals surface area contributed by atoms with Gasteiger partial charge in [-0.25, -0.2) is 0 Å². The van der Waals surface area contributed by atoms with E-state index in [4.69, 9.17) is 30.1 Å². The lowest BCUT2D eigenvalue weighted by molar-refractivity contribution is 0.0196. The number of hydrogen-bond donors (Lipinski definition) is 2. The van der Waals surface area contributed by atoms with E-state index < -0.39 is 0 Å². The molecule has 20 heavy (non-hydrogen) atoms. The standard InChI is InChI=1S/C14H22N2O4/c1-17-5-6-19-7-8-20-10-12-9-11(14(15)16)3-4-13(12)18-2/h3-4,9H,5-8,10H2,1-2H3,(H3,15,16). The SMILES string of the molecule is COCCOCCOCc1cc(C(=N)N)ccc1OC. The van der Waals surface area contributed by atoms with Gasteiger partial charge in [0.1, 0.15) is 11.6 Å². The Kier molecular flexibility index (Phi) is 7.64. The molecule has 1 aromatic carbocycles. The number of methoxy groups -OCH3 is 2. The summed E-state index contributed by atoms with van der Waals surface area (Å²) < 4.78 is 20.9. The van der Waals surface area contributed by atoms with Gasteiger partial charge in [0.05, 0.1) is 40.1 Å². The van der Waals surface area contributed by atoms with Crippen LogP contribution in [-0.2, 0) is 20.8 Å². The fraction of sp³-hybridized carbons (Fsp3) is 0.500. The van der Waals surface area contributed by atoms with E-state index >= 15 is 0 Å². The number of nitrogens with two attached hydrogens (primary N) is 1. The number of hydrogen-bond acceptors (Lipinski definition) is 5. The number of nitrogens with one attached hydrogen (secondary N) is 1. The molecule has 6 nitrogen and oxygen atoms in total. The highest BCUT2D eigenvalue weighted by Gasteiger charge is 2.06. The van der Waals surface area contributed by atoms with E-state index in [2.05, 4.69) is 0 Å². The highest BCUT2D eigenvalue weighted by atomic mass is 16.5. The molecule has 6 heteroatoms. The molecule has 3 N–H and O–H groups in total. The highest BCUT2D eigenvalue weighted by Crippen LogP contribution is 2.20. The number of benzene rings is 1. The fourth-order valence-corrected chi connectivity index (χ4v) is 1.60. The molecular formula is C14H22N2O4. The van der Waals surface area contributed by atoms with Gasteiger partial charge in [-0.2, -0.15) is 0 Å². The van der Waals surface area contributed by atoms with E-state index in [0.29, 0.717) is 38.6 Å². The Labute approximate surface area is 119 Å². The molecule has 0 aliphatic rings. The second kappa shape index (κ2) is 9.30. The normalized spacial score (nSPS) is 10.5. The van der Waals surface area contributed by atoms with Crippen molar-refractivity contribution in [3.8, 4) is 5.75 Å². The van der Waals surface area contributed by atoms with E-state index in [0.717, 1.165) is 11.3 Å². The van der Waals surface area contributed by atoms with Crippen LogP contribution in [0, 0.1) is 5.41 Å². The zero-order valence-electron chi connectivity index (χ0n) is 12.0. The molecule has 0 heterocycles. The molecule has 0 aliphatic heterocycles. The molecule has 0 saturated carbocycles. The first-order chi connectivity index (χ1) is 9.69. The highest BCUT2D eigenvalue weighted by molar-refractivity contribution is 5.95. The van der Waals surface area contributed by atoms with E-state index in [1.54, 1.807) is 32.4 Å². The van der Waals surface area contributed by atoms with Crippen LogP contribution in [0.3, 0.4) is 0 Å². The molecule has 0 unspecified atom stereocenters. The molecule has 0 bridgehead atoms. The number of ether oxygens (including phenoxy) is 4. The van der Waals surface area contributed by atoms with Crippen LogP contribution in [0.1, 0.15) is 11.1 Å². The Balaban J connectivity index is 2.41. The van der Waals surface area contributed by atoms with Crippen LogP contribution < -0.4 is 10.5 Å². The summed E-state index contributed by atoms with van der Waals surface area (Å²) in [4.78, 5) is 0. The largest absolute Gasteiger partial charge is 0.496 e. The molecular weight excluding hydrogens is 260 g/mol. The molecule has 1 rings (SSSR count). The van der Waals surface area contributed by atoms with Crippen LogP contribution in [0.4, 0.5) is 0 Å². The molecule has 0 fully saturated rings. The molecule has 0 amide bonds. The zero-order chi connectivity index (χ0) is 14.8. The summed E-state index contributed by atoms with van der Waals surface area (Å²) in [5.74, 6) is 0.743. The van der Waals surface area contributed by atoms with Crippen LogP contribution in [-0.4, -0.2) is 46.5 Å². The molecule has 0 spiro atoms. The van der Waals surface area contributed by atoms with Crippen LogP contribution in [0.5, 0.6) is 5.75 Å². The van der Waals surface area contributed by atoms with Gasteiger partial charge in [0, 0.05) is 18.2 Å². The van der Waals surface area contributed by atoms with Gasteiger partial charge in [-0.05, 0) is 18.2 Å². The van der Waals surface area contributed by atoms with E-state index in [9.17, 15) is 0 Å². The predicted molar refractivity (Wildman–Crippen MR) is 76.4 cm³/mol. The molecule has 0 aliphatic carbocycles. The van der Waals surface area contributed by atoms with Gasteiger partial charge in [0.2, 0.25) is 0 Å². The second-order valence-corrected chi connectivity index (χ2v) is 4.10. The second-order valence-electron chi connectivity index (χ2n) is 4.10. The Morgan fingerprint density at radius 3 is 2.45 bits per heavy atom. The minimum atomic E-state index is 0.0248. The van der Waals surface area contributed by atoms with E-state index in [1.165, 1.54) is 0 Å². The lowest BCUT2D eigenvalue weighted by Gasteiger charge is -2.11. The first kappa shape index (κ1) is 16.4. The molecule has 0 aromatic heterocycles. The van der Waals surface area contributed by atoms with Crippen molar-refractivity contribution < 1.29 is 18.9 Å². The van der Waals surface area contributed by atoms with Gasteiger partial charge in [-0.15, -0.1) is 0 Å². The molecule has 0 atom stereocenters. The molecule has 1 aromatic rings. The monoisotopic (exact) mass is 282 g/mol. The first-order valence-corrected chi connectivity index (χ1v) is 6.34. The summed E-state index contributed by atoms with van der Waals surface area (Å²) in [7, 11) is 3.23. The van der Waals surface area contributed by atoms with Crippen LogP contribution in [0.25, 0.3) is 0 Å². The number of amidine groups is 1. The van der Waals surface area contributed by atoms with Gasteiger partial charge < -0.3 is 24.7 Å². The summed E-state index contributed by atoms with van der Waals surface area (Å²) in [5.41, 5.74) is 6.98. The third kappa shape index (κ3) is 5.56. The van der Waals surface area contributed by atoms with Gasteiger partial charge >= 0.3 is 0 Å². The van der Waals surface area contributed by atoms with Gasteiger partial charge in [-0.3, -0.25) is 5.41 Å². The smallest absolute Gasteiger partial charge is 0.124 e. The Morgan fingerprint density at radius 1 is 1.10 bits per heavy atom. The number of nitrogen functional groups attached to an aromatic ring is 1. The lowest BCUT2D eigenvalue weighted by Crippen LogP contribution is -2.12. The minimum absolute atomic E-state index is 0.0248. The molecule has 0 radical (unpaired) electrons. The summed E-state index contributed by atoms with van der Waals surface area (Å²) in [6.45, 7) is 2.52. The third-order valence-electron chi connectivity index (χ3n) is 2.65. The summed E-state index contributed by atoms with van der Waals surface area (Å²) in [6.07, 6.45) is 0. The van der Waals surface area contributed by atoms with Crippen molar-refractivity contribution in [1.82, 2.24) is 0 Å². The third-order valence-corrected chi connectivity index (χ3v) is 2.65. The maximum absolute atomic E-state index is 7.43. The van der Waals surface area contributed by atoms with Crippen LogP contribution in [0.2, 0.25) is 0 Å².